The molecule has 0 saturated carbocycles. The molecule has 0 aliphatic carbocycles. The summed E-state index contributed by atoms with van der Waals surface area (Å²) in [6.07, 6.45) is 5.07. The van der Waals surface area contributed by atoms with Crippen molar-refractivity contribution in [2.24, 2.45) is 9.98 Å². The van der Waals surface area contributed by atoms with Gasteiger partial charge in [-0.05, 0) is 103 Å². The second kappa shape index (κ2) is 23.1. The molecular formula is C53H56F2N6O6. The number of rotatable bonds is 14. The molecule has 4 fully saturated rings. The second-order valence-corrected chi connectivity index (χ2v) is 17.1. The molecule has 2 atom stereocenters. The maximum atomic E-state index is 15.2. The highest BCUT2D eigenvalue weighted by atomic mass is 19.1. The summed E-state index contributed by atoms with van der Waals surface area (Å²) in [4.78, 5) is 50.7. The van der Waals surface area contributed by atoms with E-state index in [0.29, 0.717) is 75.7 Å². The van der Waals surface area contributed by atoms with Crippen molar-refractivity contribution in [3.8, 4) is 0 Å². The van der Waals surface area contributed by atoms with E-state index < -0.39 is 18.3 Å². The van der Waals surface area contributed by atoms with Crippen LogP contribution in [0.4, 0.5) is 29.7 Å². The number of ether oxygens (including phenoxy) is 3. The van der Waals surface area contributed by atoms with Crippen LogP contribution in [0.3, 0.4) is 0 Å². The van der Waals surface area contributed by atoms with Crippen molar-refractivity contribution >= 4 is 41.9 Å². The van der Waals surface area contributed by atoms with Crippen molar-refractivity contribution in [1.82, 2.24) is 10.2 Å². The molecule has 0 bridgehead atoms. The van der Waals surface area contributed by atoms with Gasteiger partial charge in [0, 0.05) is 25.5 Å². The van der Waals surface area contributed by atoms with E-state index in [4.69, 9.17) is 14.2 Å². The zero-order chi connectivity index (χ0) is 46.4. The number of benzene rings is 5. The third kappa shape index (κ3) is 12.8. The fraction of sp³-hybridized carbons (Fsp3) is 0.340. The minimum Gasteiger partial charge on any atom is -0.442 e. The third-order valence-electron chi connectivity index (χ3n) is 12.4. The highest BCUT2D eigenvalue weighted by molar-refractivity contribution is 5.90. The Bertz CT molecular complexity index is 2480. The molecule has 5 aromatic carbocycles. The molecule has 3 amide bonds. The lowest BCUT2D eigenvalue weighted by Gasteiger charge is -2.32. The minimum atomic E-state index is -0.497. The maximum absolute atomic E-state index is 15.2. The topological polar surface area (TPSA) is 125 Å². The van der Waals surface area contributed by atoms with Crippen molar-refractivity contribution < 1.29 is 37.4 Å². The smallest absolute Gasteiger partial charge is 0.414 e. The zero-order valence-corrected chi connectivity index (χ0v) is 37.4. The summed E-state index contributed by atoms with van der Waals surface area (Å²) in [5.41, 5.74) is 5.36. The summed E-state index contributed by atoms with van der Waals surface area (Å²) in [7, 11) is 0. The number of carbonyl (C=O) groups excluding carboxylic acids is 3. The summed E-state index contributed by atoms with van der Waals surface area (Å²) >= 11 is 0. The van der Waals surface area contributed by atoms with Crippen LogP contribution >= 0.6 is 0 Å². The summed E-state index contributed by atoms with van der Waals surface area (Å²) in [6, 6.07) is 39.2. The summed E-state index contributed by atoms with van der Waals surface area (Å²) in [5, 5.41) is 3.29. The van der Waals surface area contributed by atoms with Gasteiger partial charge in [0.25, 0.3) is 0 Å². The number of amides is 3. The van der Waals surface area contributed by atoms with E-state index >= 15 is 4.39 Å². The summed E-state index contributed by atoms with van der Waals surface area (Å²) in [5.74, 6) is -0.389. The molecule has 4 aliphatic heterocycles. The van der Waals surface area contributed by atoms with E-state index in [-0.39, 0.29) is 42.1 Å². The summed E-state index contributed by atoms with van der Waals surface area (Å²) in [6.45, 7) is 4.78. The molecule has 12 nitrogen and oxygen atoms in total. The Morgan fingerprint density at radius 2 is 1.10 bits per heavy atom. The predicted molar refractivity (Wildman–Crippen MR) is 255 cm³/mol. The van der Waals surface area contributed by atoms with Gasteiger partial charge in [0.05, 0.1) is 44.2 Å². The first-order chi connectivity index (χ1) is 32.8. The van der Waals surface area contributed by atoms with E-state index in [1.807, 2.05) is 103 Å². The van der Waals surface area contributed by atoms with Crippen LogP contribution in [0.15, 0.2) is 137 Å². The molecule has 0 spiro atoms. The van der Waals surface area contributed by atoms with Gasteiger partial charge in [-0.2, -0.15) is 0 Å². The highest BCUT2D eigenvalue weighted by Gasteiger charge is 2.34. The van der Waals surface area contributed by atoms with Crippen molar-refractivity contribution in [3.05, 3.63) is 167 Å². The number of nitrogens with one attached hydrogen (secondary N) is 1. The molecule has 67 heavy (non-hydrogen) atoms. The average Bonchev–Trinajstić information content (AvgIpc) is 3.93. The first kappa shape index (κ1) is 46.7. The highest BCUT2D eigenvalue weighted by Crippen LogP contribution is 2.34. The van der Waals surface area contributed by atoms with Gasteiger partial charge in [-0.1, -0.05) is 103 Å². The number of anilines is 2. The Balaban J connectivity index is 0.000000192. The molecule has 9 rings (SSSR count). The largest absolute Gasteiger partial charge is 0.442 e. The SMILES string of the molecule is O=C(COCc1ccccc1)N1CCC(c2ccc(N3C[C@H](CN=Cc4ccccc4)OC3=O)cc2F)CC1.O=C1O[C@@H](CN=Cc2ccccc2)CN1c1ccc(C2CCNCC2)c(F)c1. The van der Waals surface area contributed by atoms with Crippen LogP contribution in [-0.4, -0.2) is 107 Å². The molecule has 0 aromatic heterocycles. The fourth-order valence-corrected chi connectivity index (χ4v) is 8.81. The van der Waals surface area contributed by atoms with E-state index in [0.717, 1.165) is 48.2 Å². The van der Waals surface area contributed by atoms with Crippen molar-refractivity contribution in [1.29, 1.82) is 0 Å². The van der Waals surface area contributed by atoms with Crippen LogP contribution in [0.25, 0.3) is 0 Å². The number of hydrogen-bond donors (Lipinski definition) is 1. The molecule has 0 unspecified atom stereocenters. The van der Waals surface area contributed by atoms with Crippen LogP contribution in [0, 0.1) is 11.6 Å². The lowest BCUT2D eigenvalue weighted by atomic mass is 9.89. The van der Waals surface area contributed by atoms with Gasteiger partial charge in [0.1, 0.15) is 30.4 Å². The number of aliphatic imine (C=N–C) groups is 2. The molecule has 4 aliphatic rings. The molecule has 5 aromatic rings. The number of carbonyl (C=O) groups is 3. The van der Waals surface area contributed by atoms with Crippen LogP contribution in [0.5, 0.6) is 0 Å². The van der Waals surface area contributed by atoms with Crippen molar-refractivity contribution in [2.75, 3.05) is 68.8 Å². The molecule has 348 valence electrons. The fourth-order valence-electron chi connectivity index (χ4n) is 8.81. The Hall–Kier alpha value is -6.77. The van der Waals surface area contributed by atoms with E-state index in [1.54, 1.807) is 29.5 Å². The van der Waals surface area contributed by atoms with E-state index in [2.05, 4.69) is 15.3 Å². The number of cyclic esters (lactones) is 2. The van der Waals surface area contributed by atoms with E-state index in [9.17, 15) is 18.8 Å². The van der Waals surface area contributed by atoms with Gasteiger partial charge < -0.3 is 24.4 Å². The number of hydrogen-bond acceptors (Lipinski definition) is 9. The number of halogens is 2. The van der Waals surface area contributed by atoms with Crippen LogP contribution in [0.2, 0.25) is 0 Å². The zero-order valence-electron chi connectivity index (χ0n) is 37.4. The van der Waals surface area contributed by atoms with Crippen LogP contribution in [0.1, 0.15) is 65.3 Å². The molecule has 1 N–H and O–H groups in total. The molecule has 4 saturated heterocycles. The lowest BCUT2D eigenvalue weighted by molar-refractivity contribution is -0.137. The van der Waals surface area contributed by atoms with Gasteiger partial charge >= 0.3 is 12.2 Å². The van der Waals surface area contributed by atoms with Gasteiger partial charge in [-0.15, -0.1) is 0 Å². The van der Waals surface area contributed by atoms with Gasteiger partial charge in [0.15, 0.2) is 0 Å². The van der Waals surface area contributed by atoms with Crippen molar-refractivity contribution in [3.63, 3.8) is 0 Å². The number of piperidine rings is 2. The predicted octanol–water partition coefficient (Wildman–Crippen LogP) is 8.93. The number of nitrogens with zero attached hydrogens (tertiary/aromatic N) is 5. The molecule has 14 heteroatoms. The molecule has 0 radical (unpaired) electrons. The van der Waals surface area contributed by atoms with Gasteiger partial charge in [-0.3, -0.25) is 24.6 Å². The maximum Gasteiger partial charge on any atom is 0.414 e. The standard InChI is InChI=1S/C31H32FN3O4.C22H24FN3O2/c32-29-17-26(35-20-27(39-31(35)37)19-33-18-23-7-3-1-4-8-23)11-12-28(29)25-13-15-34(16-14-25)30(36)22-38-21-24-9-5-2-6-10-24;23-21-12-18(6-7-20(21)17-8-10-24-11-9-17)26-15-19(28-22(26)27)14-25-13-16-4-2-1-3-5-16/h1-12,17-18,25,27H,13-16,19-22H2;1-7,12-13,17,19,24H,8-11,14-15H2/t27-;19-/m00/s1. The third-order valence-corrected chi connectivity index (χ3v) is 12.4. The van der Waals surface area contributed by atoms with Gasteiger partial charge in [0.2, 0.25) is 5.91 Å². The number of likely N-dealkylation sites (tertiary alicyclic amines) is 1. The Morgan fingerprint density at radius 1 is 0.642 bits per heavy atom. The first-order valence-corrected chi connectivity index (χ1v) is 23.0. The monoisotopic (exact) mass is 910 g/mol. The lowest BCUT2D eigenvalue weighted by Crippen LogP contribution is -2.40. The Morgan fingerprint density at radius 3 is 1.58 bits per heavy atom. The van der Waals surface area contributed by atoms with Gasteiger partial charge in [-0.25, -0.2) is 18.4 Å². The normalized spacial score (nSPS) is 19.2. The van der Waals surface area contributed by atoms with Crippen LogP contribution in [-0.2, 0) is 25.6 Å². The second-order valence-electron chi connectivity index (χ2n) is 17.1. The molecular weight excluding hydrogens is 855 g/mol. The first-order valence-electron chi connectivity index (χ1n) is 23.0. The molecule has 4 heterocycles. The Kier molecular flexibility index (Phi) is 16.1. The summed E-state index contributed by atoms with van der Waals surface area (Å²) < 4.78 is 46.3. The van der Waals surface area contributed by atoms with E-state index in [1.165, 1.54) is 21.9 Å². The quantitative estimate of drug-likeness (QED) is 0.110. The Labute approximate surface area is 390 Å². The van der Waals surface area contributed by atoms with Crippen LogP contribution < -0.4 is 15.1 Å². The average molecular weight is 911 g/mol. The van der Waals surface area contributed by atoms with Crippen molar-refractivity contribution in [2.45, 2.75) is 56.3 Å². The minimum absolute atomic E-state index is 0.0129.